The highest BCUT2D eigenvalue weighted by Crippen LogP contribution is 2.31. The van der Waals surface area contributed by atoms with E-state index in [1.165, 1.54) is 0 Å². The smallest absolute Gasteiger partial charge is 0.316 e. The maximum absolute atomic E-state index is 12.4. The Morgan fingerprint density at radius 1 is 1.38 bits per heavy atom. The Bertz CT molecular complexity index is 552. The van der Waals surface area contributed by atoms with Crippen molar-refractivity contribution < 1.29 is 14.3 Å². The van der Waals surface area contributed by atoms with Crippen LogP contribution in [0.25, 0.3) is 0 Å². The Labute approximate surface area is 124 Å². The molecule has 5 heteroatoms. The van der Waals surface area contributed by atoms with Gasteiger partial charge >= 0.3 is 11.8 Å². The lowest BCUT2D eigenvalue weighted by molar-refractivity contribution is -0.138. The molecular formula is C16H20N2O3. The molecular weight excluding hydrogens is 268 g/mol. The summed E-state index contributed by atoms with van der Waals surface area (Å²) < 4.78 is 5.45. The number of amides is 2. The van der Waals surface area contributed by atoms with Gasteiger partial charge in [-0.1, -0.05) is 18.2 Å². The van der Waals surface area contributed by atoms with E-state index in [2.05, 4.69) is 5.32 Å². The molecule has 1 aromatic rings. The largest absolute Gasteiger partial charge is 0.376 e. The van der Waals surface area contributed by atoms with Gasteiger partial charge in [-0.3, -0.25) is 9.59 Å². The molecule has 0 aliphatic carbocycles. The monoisotopic (exact) mass is 288 g/mol. The second-order valence-corrected chi connectivity index (χ2v) is 5.70. The summed E-state index contributed by atoms with van der Waals surface area (Å²) in [6.07, 6.45) is 2.80. The number of carbonyl (C=O) groups is 2. The third-order valence-corrected chi connectivity index (χ3v) is 4.13. The lowest BCUT2D eigenvalue weighted by Crippen LogP contribution is -2.47. The van der Waals surface area contributed by atoms with Crippen molar-refractivity contribution in [2.45, 2.75) is 38.3 Å². The second-order valence-electron chi connectivity index (χ2n) is 5.70. The molecule has 2 amide bonds. The van der Waals surface area contributed by atoms with Gasteiger partial charge in [-0.15, -0.1) is 0 Å². The van der Waals surface area contributed by atoms with E-state index in [4.69, 9.17) is 4.74 Å². The van der Waals surface area contributed by atoms with Crippen LogP contribution in [0.4, 0.5) is 5.69 Å². The fourth-order valence-electron chi connectivity index (χ4n) is 3.07. The molecule has 2 aliphatic rings. The Balaban J connectivity index is 1.65. The number of nitrogens with one attached hydrogen (secondary N) is 1. The predicted molar refractivity (Wildman–Crippen MR) is 79.1 cm³/mol. The van der Waals surface area contributed by atoms with Crippen LogP contribution in [-0.2, 0) is 20.7 Å². The Morgan fingerprint density at radius 3 is 2.95 bits per heavy atom. The molecule has 3 rings (SSSR count). The van der Waals surface area contributed by atoms with Crippen molar-refractivity contribution in [3.63, 3.8) is 0 Å². The van der Waals surface area contributed by atoms with Crippen molar-refractivity contribution in [1.82, 2.24) is 5.32 Å². The molecule has 2 heterocycles. The summed E-state index contributed by atoms with van der Waals surface area (Å²) in [5, 5.41) is 2.70. The van der Waals surface area contributed by atoms with E-state index in [1.54, 1.807) is 4.90 Å². The molecule has 1 saturated heterocycles. The predicted octanol–water partition coefficient (Wildman–Crippen LogP) is 1.26. The average Bonchev–Trinajstić information content (AvgIpc) is 3.10. The van der Waals surface area contributed by atoms with Crippen molar-refractivity contribution in [1.29, 1.82) is 0 Å². The molecule has 0 spiro atoms. The van der Waals surface area contributed by atoms with E-state index in [1.807, 2.05) is 31.2 Å². The zero-order valence-electron chi connectivity index (χ0n) is 12.2. The normalized spacial score (nSPS) is 24.0. The minimum atomic E-state index is -0.547. The summed E-state index contributed by atoms with van der Waals surface area (Å²) in [5.74, 6) is -1.03. The van der Waals surface area contributed by atoms with Crippen LogP contribution in [0.15, 0.2) is 24.3 Å². The Kier molecular flexibility index (Phi) is 3.92. The molecule has 2 atom stereocenters. The Hall–Kier alpha value is -1.88. The number of hydrogen-bond acceptors (Lipinski definition) is 3. The summed E-state index contributed by atoms with van der Waals surface area (Å²) in [7, 11) is 0. The van der Waals surface area contributed by atoms with Gasteiger partial charge in [0.2, 0.25) is 0 Å². The number of fused-ring (bicyclic) bond motifs is 1. The Morgan fingerprint density at radius 2 is 2.19 bits per heavy atom. The number of nitrogens with zero attached hydrogens (tertiary/aromatic N) is 1. The zero-order chi connectivity index (χ0) is 14.8. The van der Waals surface area contributed by atoms with Crippen LogP contribution in [0.3, 0.4) is 0 Å². The fourth-order valence-corrected chi connectivity index (χ4v) is 3.07. The van der Waals surface area contributed by atoms with Crippen LogP contribution < -0.4 is 10.2 Å². The van der Waals surface area contributed by atoms with Crippen LogP contribution in [0, 0.1) is 0 Å². The molecule has 2 aliphatic heterocycles. The first kappa shape index (κ1) is 14.1. The van der Waals surface area contributed by atoms with E-state index in [0.29, 0.717) is 6.54 Å². The van der Waals surface area contributed by atoms with Crippen LogP contribution >= 0.6 is 0 Å². The molecule has 2 unspecified atom stereocenters. The van der Waals surface area contributed by atoms with Gasteiger partial charge in [0.05, 0.1) is 6.10 Å². The molecule has 0 bridgehead atoms. The number of carbonyl (C=O) groups excluding carboxylic acids is 2. The molecule has 5 nitrogen and oxygen atoms in total. The van der Waals surface area contributed by atoms with E-state index >= 15 is 0 Å². The summed E-state index contributed by atoms with van der Waals surface area (Å²) in [6.45, 7) is 3.12. The standard InChI is InChI=1S/C16H20N2O3/c1-11-9-12-5-2-3-7-14(12)18(11)16(20)15(19)17-10-13-6-4-8-21-13/h2-3,5,7,11,13H,4,6,8-10H2,1H3,(H,17,19). The third-order valence-electron chi connectivity index (χ3n) is 4.13. The van der Waals surface area contributed by atoms with Gasteiger partial charge in [0, 0.05) is 24.9 Å². The number of para-hydroxylation sites is 1. The minimum Gasteiger partial charge on any atom is -0.376 e. The van der Waals surface area contributed by atoms with Crippen LogP contribution in [0.1, 0.15) is 25.3 Å². The highest BCUT2D eigenvalue weighted by Gasteiger charge is 2.34. The lowest BCUT2D eigenvalue weighted by atomic mass is 10.1. The molecule has 1 fully saturated rings. The fraction of sp³-hybridized carbons (Fsp3) is 0.500. The summed E-state index contributed by atoms with van der Waals surface area (Å²) >= 11 is 0. The molecule has 0 saturated carbocycles. The van der Waals surface area contributed by atoms with Crippen molar-refractivity contribution in [2.75, 3.05) is 18.1 Å². The van der Waals surface area contributed by atoms with Gasteiger partial charge in [-0.25, -0.2) is 0 Å². The van der Waals surface area contributed by atoms with E-state index in [0.717, 1.165) is 37.1 Å². The first-order valence-corrected chi connectivity index (χ1v) is 7.47. The maximum Gasteiger partial charge on any atom is 0.316 e. The van der Waals surface area contributed by atoms with Gasteiger partial charge in [-0.2, -0.15) is 0 Å². The molecule has 1 aromatic carbocycles. The number of anilines is 1. The summed E-state index contributed by atoms with van der Waals surface area (Å²) in [5.41, 5.74) is 1.97. The van der Waals surface area contributed by atoms with Crippen molar-refractivity contribution >= 4 is 17.5 Å². The van der Waals surface area contributed by atoms with E-state index < -0.39 is 11.8 Å². The number of ether oxygens (including phenoxy) is 1. The second kappa shape index (κ2) is 5.85. The van der Waals surface area contributed by atoms with E-state index in [-0.39, 0.29) is 12.1 Å². The number of hydrogen-bond donors (Lipinski definition) is 1. The van der Waals surface area contributed by atoms with Gasteiger partial charge in [0.15, 0.2) is 0 Å². The van der Waals surface area contributed by atoms with Gasteiger partial charge in [0.1, 0.15) is 0 Å². The molecule has 1 N–H and O–H groups in total. The van der Waals surface area contributed by atoms with Gasteiger partial charge < -0.3 is 15.0 Å². The van der Waals surface area contributed by atoms with Gasteiger partial charge in [-0.05, 0) is 37.8 Å². The summed E-state index contributed by atoms with van der Waals surface area (Å²) in [6, 6.07) is 7.76. The molecule has 21 heavy (non-hydrogen) atoms. The van der Waals surface area contributed by atoms with Crippen molar-refractivity contribution in [3.05, 3.63) is 29.8 Å². The quantitative estimate of drug-likeness (QED) is 0.834. The lowest BCUT2D eigenvalue weighted by Gasteiger charge is -2.22. The van der Waals surface area contributed by atoms with Crippen LogP contribution in [0.2, 0.25) is 0 Å². The highest BCUT2D eigenvalue weighted by atomic mass is 16.5. The van der Waals surface area contributed by atoms with E-state index in [9.17, 15) is 9.59 Å². The van der Waals surface area contributed by atoms with Crippen LogP contribution in [-0.4, -0.2) is 37.1 Å². The van der Waals surface area contributed by atoms with Crippen molar-refractivity contribution in [2.24, 2.45) is 0 Å². The number of benzene rings is 1. The van der Waals surface area contributed by atoms with Crippen molar-refractivity contribution in [3.8, 4) is 0 Å². The third kappa shape index (κ3) is 2.78. The minimum absolute atomic E-state index is 0.0170. The highest BCUT2D eigenvalue weighted by molar-refractivity contribution is 6.40. The molecule has 112 valence electrons. The maximum atomic E-state index is 12.4. The van der Waals surface area contributed by atoms with Crippen LogP contribution in [0.5, 0.6) is 0 Å². The SMILES string of the molecule is CC1Cc2ccccc2N1C(=O)C(=O)NCC1CCCO1. The molecule has 0 aromatic heterocycles. The topological polar surface area (TPSA) is 58.6 Å². The zero-order valence-corrected chi connectivity index (χ0v) is 12.2. The first-order valence-electron chi connectivity index (χ1n) is 7.47. The summed E-state index contributed by atoms with van der Waals surface area (Å²) in [4.78, 5) is 26.1. The first-order chi connectivity index (χ1) is 10.2. The average molecular weight is 288 g/mol. The molecule has 0 radical (unpaired) electrons. The van der Waals surface area contributed by atoms with Gasteiger partial charge in [0.25, 0.3) is 0 Å². The number of rotatable bonds is 2.